The molecular formula is C14H16N2O4. The number of carboxylic acids is 1. The van der Waals surface area contributed by atoms with Crippen LogP contribution in [-0.2, 0) is 9.59 Å². The van der Waals surface area contributed by atoms with Gasteiger partial charge in [-0.25, -0.2) is 0 Å². The largest absolute Gasteiger partial charge is 0.481 e. The molecule has 0 spiro atoms. The fourth-order valence-corrected chi connectivity index (χ4v) is 2.35. The molecule has 0 aliphatic carbocycles. The molecule has 2 aromatic rings. The second-order valence-corrected chi connectivity index (χ2v) is 4.62. The number of carbonyl (C=O) groups is 2. The number of carboxylic acid groups (broad SMARTS) is 1. The van der Waals surface area contributed by atoms with E-state index in [9.17, 15) is 14.7 Å². The van der Waals surface area contributed by atoms with Crippen molar-refractivity contribution in [1.82, 2.24) is 10.3 Å². The van der Waals surface area contributed by atoms with E-state index in [1.54, 1.807) is 13.1 Å². The highest BCUT2D eigenvalue weighted by atomic mass is 16.4. The third-order valence-electron chi connectivity index (χ3n) is 3.25. The van der Waals surface area contributed by atoms with Crippen LogP contribution in [0.3, 0.4) is 0 Å². The number of aliphatic hydroxyl groups excluding tert-OH is 1. The number of aromatic nitrogens is 1. The van der Waals surface area contributed by atoms with Crippen LogP contribution in [0.2, 0.25) is 0 Å². The Hall–Kier alpha value is -2.34. The molecule has 0 saturated heterocycles. The van der Waals surface area contributed by atoms with Crippen molar-refractivity contribution in [1.29, 1.82) is 0 Å². The normalized spacial score (nSPS) is 13.9. The number of benzene rings is 1. The summed E-state index contributed by atoms with van der Waals surface area (Å²) in [5.41, 5.74) is 1.45. The predicted octanol–water partition coefficient (Wildman–Crippen LogP) is 0.833. The number of amides is 1. The number of para-hydroxylation sites is 1. The van der Waals surface area contributed by atoms with Gasteiger partial charge in [0.2, 0.25) is 5.91 Å². The molecule has 1 amide bonds. The summed E-state index contributed by atoms with van der Waals surface area (Å²) in [5, 5.41) is 21.5. The molecule has 6 heteroatoms. The summed E-state index contributed by atoms with van der Waals surface area (Å²) in [6.45, 7) is 0.943. The lowest BCUT2D eigenvalue weighted by atomic mass is 9.92. The maximum Gasteiger partial charge on any atom is 0.313 e. The number of fused-ring (bicyclic) bond motifs is 1. The van der Waals surface area contributed by atoms with E-state index in [1.165, 1.54) is 0 Å². The summed E-state index contributed by atoms with van der Waals surface area (Å²) in [7, 11) is 0. The molecule has 1 aromatic heterocycles. The Labute approximate surface area is 115 Å². The summed E-state index contributed by atoms with van der Waals surface area (Å²) in [6.07, 6.45) is 1.64. The van der Waals surface area contributed by atoms with E-state index in [0.29, 0.717) is 5.56 Å². The quantitative estimate of drug-likeness (QED) is 0.649. The zero-order chi connectivity index (χ0) is 14.7. The van der Waals surface area contributed by atoms with Crippen LogP contribution >= 0.6 is 0 Å². The van der Waals surface area contributed by atoms with E-state index in [-0.39, 0.29) is 0 Å². The smallest absolute Gasteiger partial charge is 0.313 e. The molecule has 0 aliphatic rings. The lowest BCUT2D eigenvalue weighted by Crippen LogP contribution is -2.41. The van der Waals surface area contributed by atoms with E-state index in [1.807, 2.05) is 24.3 Å². The van der Waals surface area contributed by atoms with Gasteiger partial charge in [0.05, 0.1) is 0 Å². The maximum atomic E-state index is 11.5. The maximum absolute atomic E-state index is 11.5. The SMILES string of the molecule is CC(NC(=O)CO)C(C(=O)O)c1c[nH]c2ccccc12. The topological polar surface area (TPSA) is 102 Å². The molecule has 106 valence electrons. The van der Waals surface area contributed by atoms with Gasteiger partial charge in [0.1, 0.15) is 12.5 Å². The molecule has 0 aliphatic heterocycles. The van der Waals surface area contributed by atoms with Crippen molar-refractivity contribution in [3.05, 3.63) is 36.0 Å². The highest BCUT2D eigenvalue weighted by Crippen LogP contribution is 2.28. The Morgan fingerprint density at radius 2 is 2.05 bits per heavy atom. The van der Waals surface area contributed by atoms with E-state index in [0.717, 1.165) is 10.9 Å². The van der Waals surface area contributed by atoms with Gasteiger partial charge in [0.15, 0.2) is 0 Å². The van der Waals surface area contributed by atoms with Gasteiger partial charge in [0.25, 0.3) is 0 Å². The van der Waals surface area contributed by atoms with Crippen molar-refractivity contribution >= 4 is 22.8 Å². The van der Waals surface area contributed by atoms with Gasteiger partial charge >= 0.3 is 5.97 Å². The van der Waals surface area contributed by atoms with Gasteiger partial charge in [-0.1, -0.05) is 18.2 Å². The number of nitrogens with one attached hydrogen (secondary N) is 2. The van der Waals surface area contributed by atoms with Crippen LogP contribution in [0.25, 0.3) is 10.9 Å². The number of aromatic amines is 1. The Morgan fingerprint density at radius 1 is 1.35 bits per heavy atom. The minimum atomic E-state index is -1.03. The van der Waals surface area contributed by atoms with Gasteiger partial charge in [-0.3, -0.25) is 9.59 Å². The van der Waals surface area contributed by atoms with Crippen LogP contribution in [0.15, 0.2) is 30.5 Å². The highest BCUT2D eigenvalue weighted by Gasteiger charge is 2.29. The summed E-state index contributed by atoms with van der Waals surface area (Å²) in [6, 6.07) is 6.74. The molecule has 1 aromatic carbocycles. The van der Waals surface area contributed by atoms with Crippen LogP contribution in [0.5, 0.6) is 0 Å². The Kier molecular flexibility index (Phi) is 4.05. The van der Waals surface area contributed by atoms with Gasteiger partial charge in [-0.05, 0) is 18.6 Å². The minimum Gasteiger partial charge on any atom is -0.481 e. The molecule has 2 unspecified atom stereocenters. The van der Waals surface area contributed by atoms with Crippen LogP contribution in [0, 0.1) is 0 Å². The number of hydrogen-bond donors (Lipinski definition) is 4. The Balaban J connectivity index is 2.38. The van der Waals surface area contributed by atoms with Crippen LogP contribution in [0.4, 0.5) is 0 Å². The molecule has 6 nitrogen and oxygen atoms in total. The third-order valence-corrected chi connectivity index (χ3v) is 3.25. The number of aliphatic hydroxyl groups is 1. The molecule has 2 atom stereocenters. The molecule has 0 saturated carbocycles. The van der Waals surface area contributed by atoms with Gasteiger partial charge in [-0.2, -0.15) is 0 Å². The number of hydrogen-bond acceptors (Lipinski definition) is 3. The summed E-state index contributed by atoms with van der Waals surface area (Å²) >= 11 is 0. The monoisotopic (exact) mass is 276 g/mol. The van der Waals surface area contributed by atoms with Gasteiger partial charge in [-0.15, -0.1) is 0 Å². The fraction of sp³-hybridized carbons (Fsp3) is 0.286. The first-order chi connectivity index (χ1) is 9.54. The first-order valence-electron chi connectivity index (χ1n) is 6.23. The molecule has 0 radical (unpaired) electrons. The fourth-order valence-electron chi connectivity index (χ4n) is 2.35. The van der Waals surface area contributed by atoms with E-state index in [2.05, 4.69) is 10.3 Å². The van der Waals surface area contributed by atoms with E-state index in [4.69, 9.17) is 5.11 Å². The van der Waals surface area contributed by atoms with E-state index >= 15 is 0 Å². The van der Waals surface area contributed by atoms with Crippen LogP contribution in [0.1, 0.15) is 18.4 Å². The van der Waals surface area contributed by atoms with Crippen LogP contribution in [-0.4, -0.2) is 39.7 Å². The molecule has 1 heterocycles. The molecule has 0 bridgehead atoms. The zero-order valence-electron chi connectivity index (χ0n) is 11.0. The molecular weight excluding hydrogens is 260 g/mol. The first-order valence-corrected chi connectivity index (χ1v) is 6.23. The lowest BCUT2D eigenvalue weighted by molar-refractivity contribution is -0.139. The second-order valence-electron chi connectivity index (χ2n) is 4.62. The van der Waals surface area contributed by atoms with Gasteiger partial charge in [0, 0.05) is 23.1 Å². The van der Waals surface area contributed by atoms with Crippen molar-refractivity contribution in [2.45, 2.75) is 18.9 Å². The molecule has 2 rings (SSSR count). The highest BCUT2D eigenvalue weighted by molar-refractivity contribution is 5.90. The number of carbonyl (C=O) groups excluding carboxylic acids is 1. The predicted molar refractivity (Wildman–Crippen MR) is 73.4 cm³/mol. The van der Waals surface area contributed by atoms with Gasteiger partial charge < -0.3 is 20.5 Å². The molecule has 4 N–H and O–H groups in total. The summed E-state index contributed by atoms with van der Waals surface area (Å²) < 4.78 is 0. The number of H-pyrrole nitrogens is 1. The molecule has 0 fully saturated rings. The Bertz CT molecular complexity index is 635. The van der Waals surface area contributed by atoms with Crippen molar-refractivity contribution in [2.24, 2.45) is 0 Å². The van der Waals surface area contributed by atoms with Crippen LogP contribution < -0.4 is 5.32 Å². The number of aliphatic carboxylic acids is 1. The van der Waals surface area contributed by atoms with Crippen molar-refractivity contribution in [2.75, 3.05) is 6.61 Å². The molecule has 20 heavy (non-hydrogen) atoms. The third kappa shape index (κ3) is 2.65. The Morgan fingerprint density at radius 3 is 2.70 bits per heavy atom. The summed E-state index contributed by atoms with van der Waals surface area (Å²) in [5.74, 6) is -2.51. The standard InChI is InChI=1S/C14H16N2O4/c1-8(16-12(18)7-17)13(14(19)20)10-6-15-11-5-3-2-4-9(10)11/h2-6,8,13,15,17H,7H2,1H3,(H,16,18)(H,19,20). The first kappa shape index (κ1) is 14.1. The van der Waals surface area contributed by atoms with Crippen molar-refractivity contribution in [3.63, 3.8) is 0 Å². The second kappa shape index (κ2) is 5.75. The number of rotatable bonds is 5. The van der Waals surface area contributed by atoms with Crippen molar-refractivity contribution < 1.29 is 19.8 Å². The van der Waals surface area contributed by atoms with E-state index < -0.39 is 30.4 Å². The average Bonchev–Trinajstić information content (AvgIpc) is 2.82. The van der Waals surface area contributed by atoms with Crippen molar-refractivity contribution in [3.8, 4) is 0 Å². The zero-order valence-corrected chi connectivity index (χ0v) is 11.0. The minimum absolute atomic E-state index is 0.594. The lowest BCUT2D eigenvalue weighted by Gasteiger charge is -2.20. The average molecular weight is 276 g/mol. The summed E-state index contributed by atoms with van der Waals surface area (Å²) in [4.78, 5) is 25.8.